The van der Waals surface area contributed by atoms with Crippen LogP contribution in [0.15, 0.2) is 103 Å². The first-order valence-corrected chi connectivity index (χ1v) is 15.1. The van der Waals surface area contributed by atoms with Crippen LogP contribution in [0.5, 0.6) is 0 Å². The number of piperidine rings is 1. The monoisotopic (exact) mass is 614 g/mol. The molecule has 234 valence electrons. The van der Waals surface area contributed by atoms with E-state index in [1.807, 2.05) is 61.5 Å². The number of rotatable bonds is 9. The van der Waals surface area contributed by atoms with Gasteiger partial charge in [-0.3, -0.25) is 14.5 Å². The summed E-state index contributed by atoms with van der Waals surface area (Å²) in [5.41, 5.74) is 3.33. The smallest absolute Gasteiger partial charge is 0.372 e. The van der Waals surface area contributed by atoms with Gasteiger partial charge in [0.05, 0.1) is 5.56 Å². The highest BCUT2D eigenvalue weighted by Gasteiger charge is 2.32. The SMILES string of the molecule is CCNC(=O)C(c1ccccc1)N1CCC(N(C)c2ccc(NC(=O)c3ccccc3-c3ccc(C(F)(F)F)cc3)cc2)CC1. The summed E-state index contributed by atoms with van der Waals surface area (Å²) < 4.78 is 39.1. The molecule has 5 rings (SSSR count). The number of likely N-dealkylation sites (tertiary alicyclic amines) is 1. The van der Waals surface area contributed by atoms with Crippen molar-refractivity contribution in [3.8, 4) is 11.1 Å². The molecule has 2 N–H and O–H groups in total. The van der Waals surface area contributed by atoms with Crippen LogP contribution in [0.2, 0.25) is 0 Å². The van der Waals surface area contributed by atoms with Gasteiger partial charge >= 0.3 is 6.18 Å². The topological polar surface area (TPSA) is 64.7 Å². The molecule has 1 aliphatic heterocycles. The molecule has 6 nitrogen and oxygen atoms in total. The number of alkyl halides is 3. The molecule has 0 aromatic heterocycles. The normalized spacial score (nSPS) is 14.9. The van der Waals surface area contributed by atoms with Crippen LogP contribution in [0.4, 0.5) is 24.5 Å². The van der Waals surface area contributed by atoms with Crippen molar-refractivity contribution in [2.75, 3.05) is 36.9 Å². The first-order chi connectivity index (χ1) is 21.7. The zero-order chi connectivity index (χ0) is 32.0. The second-order valence-corrected chi connectivity index (χ2v) is 11.2. The number of likely N-dealkylation sites (N-methyl/N-ethyl adjacent to an activating group) is 1. The van der Waals surface area contributed by atoms with E-state index in [0.717, 1.165) is 49.3 Å². The molecule has 1 atom stereocenters. The van der Waals surface area contributed by atoms with Gasteiger partial charge in [0, 0.05) is 49.7 Å². The molecular weight excluding hydrogens is 577 g/mol. The van der Waals surface area contributed by atoms with Crippen molar-refractivity contribution in [1.82, 2.24) is 10.2 Å². The number of benzene rings is 4. The van der Waals surface area contributed by atoms with Gasteiger partial charge in [-0.1, -0.05) is 60.7 Å². The zero-order valence-corrected chi connectivity index (χ0v) is 25.4. The van der Waals surface area contributed by atoms with E-state index in [0.29, 0.717) is 35.0 Å². The molecule has 1 unspecified atom stereocenters. The predicted octanol–water partition coefficient (Wildman–Crippen LogP) is 7.40. The molecule has 4 aromatic rings. The lowest BCUT2D eigenvalue weighted by molar-refractivity contribution is -0.137. The molecule has 0 aliphatic carbocycles. The lowest BCUT2D eigenvalue weighted by Crippen LogP contribution is -2.48. The Balaban J connectivity index is 1.22. The Bertz CT molecular complexity index is 1580. The molecule has 0 radical (unpaired) electrons. The Morgan fingerprint density at radius 3 is 2.11 bits per heavy atom. The summed E-state index contributed by atoms with van der Waals surface area (Å²) in [6.07, 6.45) is -2.62. The molecular formula is C36H37F3N4O2. The van der Waals surface area contributed by atoms with Gasteiger partial charge in [0.2, 0.25) is 5.91 Å². The fourth-order valence-corrected chi connectivity index (χ4v) is 5.93. The minimum Gasteiger partial charge on any atom is -0.372 e. The quantitative estimate of drug-likeness (QED) is 0.206. The van der Waals surface area contributed by atoms with Crippen LogP contribution in [0, 0.1) is 0 Å². The molecule has 4 aromatic carbocycles. The van der Waals surface area contributed by atoms with Crippen LogP contribution < -0.4 is 15.5 Å². The number of anilines is 2. The van der Waals surface area contributed by atoms with E-state index in [-0.39, 0.29) is 17.9 Å². The number of halogens is 3. The maximum atomic E-state index is 13.2. The minimum absolute atomic E-state index is 0.0233. The molecule has 0 bridgehead atoms. The number of nitrogens with zero attached hydrogens (tertiary/aromatic N) is 2. The first-order valence-electron chi connectivity index (χ1n) is 15.1. The maximum absolute atomic E-state index is 13.2. The van der Waals surface area contributed by atoms with E-state index in [4.69, 9.17) is 0 Å². The molecule has 0 saturated carbocycles. The highest BCUT2D eigenvalue weighted by atomic mass is 19.4. The Morgan fingerprint density at radius 1 is 0.867 bits per heavy atom. The van der Waals surface area contributed by atoms with Crippen molar-refractivity contribution >= 4 is 23.2 Å². The third-order valence-electron chi connectivity index (χ3n) is 8.35. The number of hydrogen-bond donors (Lipinski definition) is 2. The lowest BCUT2D eigenvalue weighted by atomic mass is 9.97. The van der Waals surface area contributed by atoms with Gasteiger partial charge in [0.15, 0.2) is 0 Å². The van der Waals surface area contributed by atoms with Crippen LogP contribution >= 0.6 is 0 Å². The summed E-state index contributed by atoms with van der Waals surface area (Å²) in [4.78, 5) is 30.7. The number of carbonyl (C=O) groups excluding carboxylic acids is 2. The largest absolute Gasteiger partial charge is 0.416 e. The van der Waals surface area contributed by atoms with Crippen LogP contribution in [0.1, 0.15) is 47.3 Å². The Morgan fingerprint density at radius 2 is 1.49 bits per heavy atom. The van der Waals surface area contributed by atoms with Gasteiger partial charge in [-0.05, 0) is 78.9 Å². The highest BCUT2D eigenvalue weighted by Crippen LogP contribution is 2.33. The van der Waals surface area contributed by atoms with Crippen molar-refractivity contribution in [3.63, 3.8) is 0 Å². The summed E-state index contributed by atoms with van der Waals surface area (Å²) in [5, 5.41) is 5.91. The van der Waals surface area contributed by atoms with Crippen molar-refractivity contribution < 1.29 is 22.8 Å². The summed E-state index contributed by atoms with van der Waals surface area (Å²) in [6, 6.07) is 29.2. The van der Waals surface area contributed by atoms with Gasteiger partial charge in [-0.25, -0.2) is 0 Å². The van der Waals surface area contributed by atoms with E-state index < -0.39 is 11.7 Å². The van der Waals surface area contributed by atoms with Gasteiger partial charge < -0.3 is 15.5 Å². The number of hydrogen-bond acceptors (Lipinski definition) is 4. The molecule has 0 spiro atoms. The average Bonchev–Trinajstić information content (AvgIpc) is 3.05. The molecule has 9 heteroatoms. The Kier molecular flexibility index (Phi) is 9.88. The second kappa shape index (κ2) is 14.0. The standard InChI is InChI=1S/C36H37F3N4O2/c1-3-40-35(45)33(26-9-5-4-6-10-26)43-23-21-30(22-24-43)42(2)29-19-17-28(18-20-29)41-34(44)32-12-8-7-11-31(32)25-13-15-27(16-14-25)36(37,38)39/h4-20,30,33H,3,21-24H2,1-2H3,(H,40,45)(H,41,44). The van der Waals surface area contributed by atoms with Crippen LogP contribution in [0.3, 0.4) is 0 Å². The molecule has 1 aliphatic rings. The second-order valence-electron chi connectivity index (χ2n) is 11.2. The van der Waals surface area contributed by atoms with E-state index in [1.54, 1.807) is 24.3 Å². The van der Waals surface area contributed by atoms with Crippen LogP contribution in [-0.4, -0.2) is 49.4 Å². The third kappa shape index (κ3) is 7.54. The summed E-state index contributed by atoms with van der Waals surface area (Å²) >= 11 is 0. The van der Waals surface area contributed by atoms with Gasteiger partial charge in [-0.15, -0.1) is 0 Å². The highest BCUT2D eigenvalue weighted by molar-refractivity contribution is 6.08. The first kappa shape index (κ1) is 31.8. The van der Waals surface area contributed by atoms with E-state index >= 15 is 0 Å². The summed E-state index contributed by atoms with van der Waals surface area (Å²) in [6.45, 7) is 4.10. The summed E-state index contributed by atoms with van der Waals surface area (Å²) in [5.74, 6) is -0.325. The van der Waals surface area contributed by atoms with E-state index in [2.05, 4.69) is 27.5 Å². The van der Waals surface area contributed by atoms with Crippen LogP contribution in [0.25, 0.3) is 11.1 Å². The Hall–Kier alpha value is -4.63. The maximum Gasteiger partial charge on any atom is 0.416 e. The molecule has 2 amide bonds. The van der Waals surface area contributed by atoms with Crippen molar-refractivity contribution in [2.24, 2.45) is 0 Å². The number of amides is 2. The average molecular weight is 615 g/mol. The fourth-order valence-electron chi connectivity index (χ4n) is 5.93. The number of nitrogens with one attached hydrogen (secondary N) is 2. The minimum atomic E-state index is -4.43. The molecule has 1 saturated heterocycles. The fraction of sp³-hybridized carbons (Fsp3) is 0.278. The Labute approximate surface area is 261 Å². The number of carbonyl (C=O) groups is 2. The lowest BCUT2D eigenvalue weighted by Gasteiger charge is -2.40. The molecule has 45 heavy (non-hydrogen) atoms. The van der Waals surface area contributed by atoms with E-state index in [1.165, 1.54) is 12.1 Å². The van der Waals surface area contributed by atoms with Gasteiger partial charge in [0.25, 0.3) is 5.91 Å². The van der Waals surface area contributed by atoms with Crippen molar-refractivity contribution in [1.29, 1.82) is 0 Å². The van der Waals surface area contributed by atoms with Crippen molar-refractivity contribution in [3.05, 3.63) is 120 Å². The molecule has 1 fully saturated rings. The molecule has 1 heterocycles. The van der Waals surface area contributed by atoms with Crippen molar-refractivity contribution in [2.45, 2.75) is 38.0 Å². The van der Waals surface area contributed by atoms with Gasteiger partial charge in [-0.2, -0.15) is 13.2 Å². The van der Waals surface area contributed by atoms with E-state index in [9.17, 15) is 22.8 Å². The zero-order valence-electron chi connectivity index (χ0n) is 25.4. The predicted molar refractivity (Wildman–Crippen MR) is 172 cm³/mol. The third-order valence-corrected chi connectivity index (χ3v) is 8.35. The van der Waals surface area contributed by atoms with Crippen LogP contribution in [-0.2, 0) is 11.0 Å². The summed E-state index contributed by atoms with van der Waals surface area (Å²) in [7, 11) is 2.06. The van der Waals surface area contributed by atoms with Gasteiger partial charge in [0.1, 0.15) is 6.04 Å².